The van der Waals surface area contributed by atoms with Crippen molar-refractivity contribution in [1.82, 2.24) is 5.32 Å². The van der Waals surface area contributed by atoms with E-state index in [1.54, 1.807) is 0 Å². The fraction of sp³-hybridized carbons (Fsp3) is 0.846. The SMILES string of the molecule is CCCCCCCC(O)CC(=O)N[C@@H](CO)C(=O)O. The number of aliphatic hydroxyl groups excluding tert-OH is 2. The Balaban J connectivity index is 3.76. The Bertz CT molecular complexity index is 270. The molecule has 0 aliphatic carbocycles. The third-order valence-corrected chi connectivity index (χ3v) is 2.88. The lowest BCUT2D eigenvalue weighted by Gasteiger charge is -2.14. The predicted octanol–water partition coefficient (Wildman–Crippen LogP) is 0.660. The van der Waals surface area contributed by atoms with Gasteiger partial charge in [-0.1, -0.05) is 39.0 Å². The van der Waals surface area contributed by atoms with Crippen LogP contribution in [0.2, 0.25) is 0 Å². The number of aliphatic hydroxyl groups is 2. The molecule has 0 aliphatic rings. The van der Waals surface area contributed by atoms with E-state index in [0.29, 0.717) is 6.42 Å². The second kappa shape index (κ2) is 10.8. The van der Waals surface area contributed by atoms with Gasteiger partial charge in [0, 0.05) is 0 Å². The molecule has 4 N–H and O–H groups in total. The molecule has 0 radical (unpaired) electrons. The summed E-state index contributed by atoms with van der Waals surface area (Å²) in [6.07, 6.45) is 5.00. The molecule has 1 amide bonds. The summed E-state index contributed by atoms with van der Waals surface area (Å²) in [5.74, 6) is -1.84. The van der Waals surface area contributed by atoms with Crippen molar-refractivity contribution >= 4 is 11.9 Å². The van der Waals surface area contributed by atoms with E-state index in [1.807, 2.05) is 0 Å². The van der Waals surface area contributed by atoms with Crippen molar-refractivity contribution in [2.45, 2.75) is 64.0 Å². The Morgan fingerprint density at radius 1 is 1.16 bits per heavy atom. The number of amides is 1. The number of carboxylic acid groups (broad SMARTS) is 1. The molecule has 1 unspecified atom stereocenters. The number of hydrogen-bond acceptors (Lipinski definition) is 4. The van der Waals surface area contributed by atoms with Crippen LogP contribution < -0.4 is 5.32 Å². The molecule has 0 aromatic carbocycles. The molecule has 0 saturated heterocycles. The molecular formula is C13H25NO5. The van der Waals surface area contributed by atoms with Gasteiger partial charge in [-0.25, -0.2) is 4.79 Å². The summed E-state index contributed by atoms with van der Waals surface area (Å²) in [6, 6.07) is -1.30. The van der Waals surface area contributed by atoms with Gasteiger partial charge in [-0.15, -0.1) is 0 Å². The largest absolute Gasteiger partial charge is 0.480 e. The highest BCUT2D eigenvalue weighted by atomic mass is 16.4. The van der Waals surface area contributed by atoms with Gasteiger partial charge in [0.25, 0.3) is 0 Å². The fourth-order valence-corrected chi connectivity index (χ4v) is 1.74. The molecular weight excluding hydrogens is 250 g/mol. The molecule has 0 aromatic heterocycles. The van der Waals surface area contributed by atoms with Crippen molar-refractivity contribution in [3.8, 4) is 0 Å². The quantitative estimate of drug-likeness (QED) is 0.414. The Labute approximate surface area is 113 Å². The van der Waals surface area contributed by atoms with Gasteiger partial charge in [-0.05, 0) is 6.42 Å². The molecule has 6 heteroatoms. The van der Waals surface area contributed by atoms with Gasteiger partial charge in [-0.2, -0.15) is 0 Å². The van der Waals surface area contributed by atoms with Crippen LogP contribution in [-0.4, -0.2) is 45.9 Å². The highest BCUT2D eigenvalue weighted by Crippen LogP contribution is 2.09. The van der Waals surface area contributed by atoms with Crippen molar-refractivity contribution in [3.05, 3.63) is 0 Å². The molecule has 19 heavy (non-hydrogen) atoms. The lowest BCUT2D eigenvalue weighted by atomic mass is 10.1. The molecule has 0 aromatic rings. The van der Waals surface area contributed by atoms with Crippen LogP contribution in [0, 0.1) is 0 Å². The summed E-state index contributed by atoms with van der Waals surface area (Å²) in [5, 5.41) is 29.2. The first-order valence-corrected chi connectivity index (χ1v) is 6.82. The summed E-state index contributed by atoms with van der Waals surface area (Å²) >= 11 is 0. The topological polar surface area (TPSA) is 107 Å². The minimum Gasteiger partial charge on any atom is -0.480 e. The number of carbonyl (C=O) groups excluding carboxylic acids is 1. The van der Waals surface area contributed by atoms with Gasteiger partial charge in [0.05, 0.1) is 19.1 Å². The normalized spacial score (nSPS) is 13.8. The highest BCUT2D eigenvalue weighted by molar-refractivity contribution is 5.83. The summed E-state index contributed by atoms with van der Waals surface area (Å²) in [6.45, 7) is 1.47. The molecule has 0 fully saturated rings. The van der Waals surface area contributed by atoms with Gasteiger partial charge in [0.15, 0.2) is 0 Å². The maximum Gasteiger partial charge on any atom is 0.328 e. The third-order valence-electron chi connectivity index (χ3n) is 2.88. The molecule has 0 rings (SSSR count). The lowest BCUT2D eigenvalue weighted by Crippen LogP contribution is -2.44. The van der Waals surface area contributed by atoms with Crippen LogP contribution >= 0.6 is 0 Å². The minimum absolute atomic E-state index is 0.127. The van der Waals surface area contributed by atoms with E-state index in [-0.39, 0.29) is 6.42 Å². The molecule has 6 nitrogen and oxygen atoms in total. The maximum atomic E-state index is 11.4. The van der Waals surface area contributed by atoms with Crippen molar-refractivity contribution < 1.29 is 24.9 Å². The zero-order valence-electron chi connectivity index (χ0n) is 11.5. The van der Waals surface area contributed by atoms with Crippen LogP contribution in [0.25, 0.3) is 0 Å². The summed E-state index contributed by atoms with van der Waals surface area (Å²) in [7, 11) is 0. The predicted molar refractivity (Wildman–Crippen MR) is 70.7 cm³/mol. The molecule has 0 aliphatic heterocycles. The van der Waals surface area contributed by atoms with Crippen LogP contribution in [0.3, 0.4) is 0 Å². The Kier molecular flexibility index (Phi) is 10.1. The lowest BCUT2D eigenvalue weighted by molar-refractivity contribution is -0.143. The van der Waals surface area contributed by atoms with E-state index in [1.165, 1.54) is 6.42 Å². The average molecular weight is 275 g/mol. The van der Waals surface area contributed by atoms with Gasteiger partial charge >= 0.3 is 5.97 Å². The number of rotatable bonds is 11. The van der Waals surface area contributed by atoms with Gasteiger partial charge in [0.2, 0.25) is 5.91 Å². The van der Waals surface area contributed by atoms with E-state index >= 15 is 0 Å². The second-order valence-electron chi connectivity index (χ2n) is 4.70. The Morgan fingerprint density at radius 2 is 1.79 bits per heavy atom. The average Bonchev–Trinajstić information content (AvgIpc) is 2.35. The van der Waals surface area contributed by atoms with Gasteiger partial charge in [-0.3, -0.25) is 4.79 Å². The van der Waals surface area contributed by atoms with Crippen LogP contribution in [0.4, 0.5) is 0 Å². The third kappa shape index (κ3) is 9.44. The van der Waals surface area contributed by atoms with Crippen LogP contribution in [0.1, 0.15) is 51.9 Å². The van der Waals surface area contributed by atoms with Crippen molar-refractivity contribution in [2.75, 3.05) is 6.61 Å². The van der Waals surface area contributed by atoms with Crippen molar-refractivity contribution in [2.24, 2.45) is 0 Å². The number of carbonyl (C=O) groups is 2. The van der Waals surface area contributed by atoms with Crippen molar-refractivity contribution in [1.29, 1.82) is 0 Å². The van der Waals surface area contributed by atoms with Crippen LogP contribution in [0.15, 0.2) is 0 Å². The molecule has 0 spiro atoms. The van der Waals surface area contributed by atoms with E-state index in [0.717, 1.165) is 25.7 Å². The zero-order valence-corrected chi connectivity index (χ0v) is 11.5. The summed E-state index contributed by atoms with van der Waals surface area (Å²) < 4.78 is 0. The first-order valence-electron chi connectivity index (χ1n) is 6.82. The highest BCUT2D eigenvalue weighted by Gasteiger charge is 2.20. The number of hydrogen-bond donors (Lipinski definition) is 4. The number of nitrogens with one attached hydrogen (secondary N) is 1. The molecule has 2 atom stereocenters. The molecule has 0 bridgehead atoms. The van der Waals surface area contributed by atoms with Crippen LogP contribution in [-0.2, 0) is 9.59 Å². The number of carboxylic acids is 1. The Hall–Kier alpha value is -1.14. The van der Waals surface area contributed by atoms with E-state index in [9.17, 15) is 14.7 Å². The maximum absolute atomic E-state index is 11.4. The van der Waals surface area contributed by atoms with Gasteiger partial charge in [0.1, 0.15) is 6.04 Å². The number of aliphatic carboxylic acids is 1. The minimum atomic E-state index is -1.30. The standard InChI is InChI=1S/C13H25NO5/c1-2-3-4-5-6-7-10(16)8-12(17)14-11(9-15)13(18)19/h10-11,15-16H,2-9H2,1H3,(H,14,17)(H,18,19)/t10?,11-/m0/s1. The monoisotopic (exact) mass is 275 g/mol. The first kappa shape index (κ1) is 17.9. The van der Waals surface area contributed by atoms with E-state index in [2.05, 4.69) is 12.2 Å². The zero-order chi connectivity index (χ0) is 14.7. The second-order valence-corrected chi connectivity index (χ2v) is 4.70. The van der Waals surface area contributed by atoms with Crippen LogP contribution in [0.5, 0.6) is 0 Å². The molecule has 0 heterocycles. The molecule has 0 saturated carbocycles. The first-order chi connectivity index (χ1) is 9.01. The number of unbranched alkanes of at least 4 members (excludes halogenated alkanes) is 4. The smallest absolute Gasteiger partial charge is 0.328 e. The summed E-state index contributed by atoms with van der Waals surface area (Å²) in [4.78, 5) is 22.0. The van der Waals surface area contributed by atoms with E-state index in [4.69, 9.17) is 10.2 Å². The van der Waals surface area contributed by atoms with Gasteiger partial charge < -0.3 is 20.6 Å². The molecule has 112 valence electrons. The fourth-order valence-electron chi connectivity index (χ4n) is 1.74. The van der Waals surface area contributed by atoms with E-state index < -0.39 is 30.6 Å². The van der Waals surface area contributed by atoms with Crippen molar-refractivity contribution in [3.63, 3.8) is 0 Å². The summed E-state index contributed by atoms with van der Waals surface area (Å²) in [5.41, 5.74) is 0. The Morgan fingerprint density at radius 3 is 2.32 bits per heavy atom.